The molecule has 1 N–H and O–H groups in total. The number of sulfonamides is 1. The van der Waals surface area contributed by atoms with Crippen LogP contribution in [0.4, 0.5) is 10.2 Å². The minimum absolute atomic E-state index is 0.00109. The van der Waals surface area contributed by atoms with E-state index in [0.717, 1.165) is 29.2 Å². The molecule has 0 bridgehead atoms. The summed E-state index contributed by atoms with van der Waals surface area (Å²) in [6.07, 6.45) is 6.15. The average molecular weight is 511 g/mol. The van der Waals surface area contributed by atoms with Crippen LogP contribution >= 0.6 is 11.6 Å². The van der Waals surface area contributed by atoms with E-state index in [1.807, 2.05) is 18.2 Å². The fourth-order valence-corrected chi connectivity index (χ4v) is 6.19. The SMILES string of the molecule is [B]c1cnn2c(NCc3cccnc3)cc(C3CCN(S(=O)(=O)c4cc(F)ccc4Cl)CC3)nc12. The Morgan fingerprint density at radius 1 is 1.17 bits per heavy atom. The predicted octanol–water partition coefficient (Wildman–Crippen LogP) is 2.89. The molecular weight excluding hydrogens is 490 g/mol. The number of nitrogens with one attached hydrogen (secondary N) is 1. The van der Waals surface area contributed by atoms with Crippen LogP contribution in [0, 0.1) is 5.82 Å². The van der Waals surface area contributed by atoms with Crippen LogP contribution in [0.25, 0.3) is 5.65 Å². The van der Waals surface area contributed by atoms with Crippen molar-refractivity contribution in [2.75, 3.05) is 18.4 Å². The molecule has 178 valence electrons. The van der Waals surface area contributed by atoms with Gasteiger partial charge in [0.15, 0.2) is 0 Å². The van der Waals surface area contributed by atoms with E-state index in [1.165, 1.54) is 10.4 Å². The van der Waals surface area contributed by atoms with Crippen molar-refractivity contribution in [1.82, 2.24) is 23.9 Å². The monoisotopic (exact) mass is 510 g/mol. The fourth-order valence-electron chi connectivity index (χ4n) is 4.23. The van der Waals surface area contributed by atoms with Gasteiger partial charge >= 0.3 is 0 Å². The van der Waals surface area contributed by atoms with Crippen molar-refractivity contribution in [3.63, 3.8) is 0 Å². The van der Waals surface area contributed by atoms with Crippen molar-refractivity contribution in [3.8, 4) is 0 Å². The van der Waals surface area contributed by atoms with Gasteiger partial charge in [-0.25, -0.2) is 17.8 Å². The number of nitrogens with zero attached hydrogens (tertiary/aromatic N) is 5. The maximum Gasteiger partial charge on any atom is 0.244 e. The van der Waals surface area contributed by atoms with Gasteiger partial charge in [-0.15, -0.1) is 0 Å². The van der Waals surface area contributed by atoms with E-state index in [2.05, 4.69) is 15.4 Å². The molecule has 0 amide bonds. The molecule has 8 nitrogen and oxygen atoms in total. The molecule has 1 saturated heterocycles. The third-order valence-corrected chi connectivity index (χ3v) is 8.48. The van der Waals surface area contributed by atoms with Crippen LogP contribution in [0.3, 0.4) is 0 Å². The van der Waals surface area contributed by atoms with Gasteiger partial charge in [-0.1, -0.05) is 17.7 Å². The molecule has 0 aliphatic carbocycles. The smallest absolute Gasteiger partial charge is 0.244 e. The van der Waals surface area contributed by atoms with Gasteiger partial charge in [0.1, 0.15) is 30.0 Å². The van der Waals surface area contributed by atoms with Gasteiger partial charge in [0, 0.05) is 55.9 Å². The van der Waals surface area contributed by atoms with E-state index in [1.54, 1.807) is 23.1 Å². The number of halogens is 2. The van der Waals surface area contributed by atoms with Crippen LogP contribution < -0.4 is 10.8 Å². The zero-order chi connectivity index (χ0) is 24.6. The Bertz CT molecular complexity index is 1480. The van der Waals surface area contributed by atoms with Gasteiger partial charge in [-0.05, 0) is 48.1 Å². The number of piperidine rings is 1. The Hall–Kier alpha value is -3.02. The summed E-state index contributed by atoms with van der Waals surface area (Å²) in [4.78, 5) is 8.65. The third-order valence-electron chi connectivity index (χ3n) is 6.10. The first-order valence-corrected chi connectivity index (χ1v) is 12.9. The average Bonchev–Trinajstić information content (AvgIpc) is 3.25. The van der Waals surface area contributed by atoms with Crippen molar-refractivity contribution in [2.45, 2.75) is 30.2 Å². The quantitative estimate of drug-likeness (QED) is 0.401. The molecule has 5 rings (SSSR count). The summed E-state index contributed by atoms with van der Waals surface area (Å²) in [6, 6.07) is 9.12. The molecule has 4 heterocycles. The molecular formula is C23H21BClFN6O2S. The normalized spacial score (nSPS) is 15.5. The molecule has 1 aromatic carbocycles. The zero-order valence-corrected chi connectivity index (χ0v) is 20.2. The van der Waals surface area contributed by atoms with Gasteiger partial charge in [-0.3, -0.25) is 4.98 Å². The van der Waals surface area contributed by atoms with Gasteiger partial charge < -0.3 is 5.32 Å². The topological polar surface area (TPSA) is 92.5 Å². The molecule has 12 heteroatoms. The third kappa shape index (κ3) is 4.76. The summed E-state index contributed by atoms with van der Waals surface area (Å²) in [7, 11) is 2.19. The Labute approximate surface area is 208 Å². The Balaban J connectivity index is 1.37. The minimum Gasteiger partial charge on any atom is -0.366 e. The molecule has 1 fully saturated rings. The van der Waals surface area contributed by atoms with Gasteiger partial charge in [-0.2, -0.15) is 13.9 Å². The lowest BCUT2D eigenvalue weighted by Gasteiger charge is -2.31. The highest BCUT2D eigenvalue weighted by atomic mass is 35.5. The standard InChI is InChI=1S/C23H21BClFN6O2S/c24-18-14-29-32-22(28-13-15-2-1-7-27-12-15)11-20(30-23(18)32)16-5-8-31(9-6-16)35(33,34)21-10-17(26)3-4-19(21)25/h1-4,7,10-12,14,16,28H,5-6,8-9,13H2. The lowest BCUT2D eigenvalue weighted by Crippen LogP contribution is -2.38. The summed E-state index contributed by atoms with van der Waals surface area (Å²) in [5, 5.41) is 7.70. The van der Waals surface area contributed by atoms with Crippen LogP contribution in [-0.2, 0) is 16.6 Å². The number of fused-ring (bicyclic) bond motifs is 1. The molecule has 0 atom stereocenters. The number of anilines is 1. The minimum atomic E-state index is -3.91. The number of hydrogen-bond donors (Lipinski definition) is 1. The maximum atomic E-state index is 13.7. The summed E-state index contributed by atoms with van der Waals surface area (Å²) in [5.41, 5.74) is 2.81. The van der Waals surface area contributed by atoms with Crippen molar-refractivity contribution >= 4 is 46.4 Å². The maximum absolute atomic E-state index is 13.7. The first-order chi connectivity index (χ1) is 16.8. The first kappa shape index (κ1) is 23.7. The Morgan fingerprint density at radius 3 is 2.71 bits per heavy atom. The molecule has 1 aliphatic heterocycles. The van der Waals surface area contributed by atoms with E-state index < -0.39 is 15.8 Å². The molecule has 0 saturated carbocycles. The highest BCUT2D eigenvalue weighted by molar-refractivity contribution is 7.89. The second-order valence-corrected chi connectivity index (χ2v) is 10.7. The number of hydrogen-bond acceptors (Lipinski definition) is 6. The van der Waals surface area contributed by atoms with Gasteiger partial charge in [0.25, 0.3) is 0 Å². The molecule has 0 spiro atoms. The van der Waals surface area contributed by atoms with Crippen molar-refractivity contribution in [1.29, 1.82) is 0 Å². The molecule has 0 unspecified atom stereocenters. The number of pyridine rings is 1. The van der Waals surface area contributed by atoms with Crippen molar-refractivity contribution in [2.24, 2.45) is 0 Å². The zero-order valence-electron chi connectivity index (χ0n) is 18.6. The molecule has 4 aromatic rings. The summed E-state index contributed by atoms with van der Waals surface area (Å²) in [6.45, 7) is 1.07. The molecule has 35 heavy (non-hydrogen) atoms. The van der Waals surface area contributed by atoms with E-state index >= 15 is 0 Å². The van der Waals surface area contributed by atoms with Crippen LogP contribution in [0.1, 0.15) is 30.0 Å². The molecule has 2 radical (unpaired) electrons. The lowest BCUT2D eigenvalue weighted by atomic mass is 9.94. The van der Waals surface area contributed by atoms with Gasteiger partial charge in [0.2, 0.25) is 10.0 Å². The highest BCUT2D eigenvalue weighted by Gasteiger charge is 2.32. The second-order valence-electron chi connectivity index (χ2n) is 8.37. The van der Waals surface area contributed by atoms with Crippen LogP contribution in [0.2, 0.25) is 5.02 Å². The fraction of sp³-hybridized carbons (Fsp3) is 0.261. The van der Waals surface area contributed by atoms with Crippen LogP contribution in [0.15, 0.2) is 59.9 Å². The Kier molecular flexibility index (Phi) is 6.48. The Morgan fingerprint density at radius 2 is 1.97 bits per heavy atom. The largest absolute Gasteiger partial charge is 0.366 e. The van der Waals surface area contributed by atoms with E-state index in [9.17, 15) is 12.8 Å². The number of benzene rings is 1. The van der Waals surface area contributed by atoms with E-state index in [-0.39, 0.29) is 28.9 Å². The van der Waals surface area contributed by atoms with Crippen molar-refractivity contribution in [3.05, 3.63) is 77.1 Å². The lowest BCUT2D eigenvalue weighted by molar-refractivity contribution is 0.316. The summed E-state index contributed by atoms with van der Waals surface area (Å²) < 4.78 is 42.8. The van der Waals surface area contributed by atoms with E-state index in [0.29, 0.717) is 30.5 Å². The first-order valence-electron chi connectivity index (χ1n) is 11.0. The van der Waals surface area contributed by atoms with Crippen LogP contribution in [-0.4, -0.2) is 53.2 Å². The second kappa shape index (κ2) is 9.56. The predicted molar refractivity (Wildman–Crippen MR) is 132 cm³/mol. The van der Waals surface area contributed by atoms with Crippen LogP contribution in [0.5, 0.6) is 0 Å². The summed E-state index contributed by atoms with van der Waals surface area (Å²) in [5.74, 6) is 0.0971. The number of rotatable bonds is 6. The van der Waals surface area contributed by atoms with Gasteiger partial charge in [0.05, 0.1) is 5.02 Å². The number of aromatic nitrogens is 4. The molecule has 1 aliphatic rings. The molecule has 3 aromatic heterocycles. The van der Waals surface area contributed by atoms with Crippen molar-refractivity contribution < 1.29 is 12.8 Å². The van der Waals surface area contributed by atoms with E-state index in [4.69, 9.17) is 24.4 Å². The summed E-state index contributed by atoms with van der Waals surface area (Å²) >= 11 is 6.06. The highest BCUT2D eigenvalue weighted by Crippen LogP contribution is 2.33.